The lowest BCUT2D eigenvalue weighted by Gasteiger charge is -2.42. The number of amides is 2. The van der Waals surface area contributed by atoms with Crippen molar-refractivity contribution < 1.29 is 19.4 Å². The molecule has 4 aromatic rings. The zero-order chi connectivity index (χ0) is 29.1. The lowest BCUT2D eigenvalue weighted by molar-refractivity contribution is 0.00440. The number of aromatic hydroxyl groups is 1. The molecule has 1 fully saturated rings. The van der Waals surface area contributed by atoms with Crippen LogP contribution in [0.15, 0.2) is 91.0 Å². The molecule has 0 spiro atoms. The fourth-order valence-corrected chi connectivity index (χ4v) is 5.48. The molecule has 3 aromatic carbocycles. The number of carbonyl (C=O) groups excluding carboxylic acids is 2. The Bertz CT molecular complexity index is 1520. The molecule has 1 aliphatic heterocycles. The molecule has 0 saturated carbocycles. The SMILES string of the molecule is Cc1cc(C(=O)N2CCN(C(=O)OC(C)(C)C)C[C@H]2Cc2ccccc2)c(-c2ccccc2)n1-c1ccccc1O. The number of aryl methyl sites for hydroxylation is 1. The summed E-state index contributed by atoms with van der Waals surface area (Å²) in [5, 5.41) is 10.8. The summed E-state index contributed by atoms with van der Waals surface area (Å²) in [4.78, 5) is 31.1. The highest BCUT2D eigenvalue weighted by Crippen LogP contribution is 2.35. The Labute approximate surface area is 241 Å². The van der Waals surface area contributed by atoms with E-state index >= 15 is 0 Å². The van der Waals surface area contributed by atoms with Gasteiger partial charge in [0.1, 0.15) is 11.4 Å². The van der Waals surface area contributed by atoms with E-state index in [1.807, 2.05) is 116 Å². The van der Waals surface area contributed by atoms with Gasteiger partial charge in [-0.25, -0.2) is 4.79 Å². The topological polar surface area (TPSA) is 75.0 Å². The largest absolute Gasteiger partial charge is 0.506 e. The Hall–Kier alpha value is -4.52. The summed E-state index contributed by atoms with van der Waals surface area (Å²) in [6.45, 7) is 8.64. The van der Waals surface area contributed by atoms with Gasteiger partial charge >= 0.3 is 6.09 Å². The highest BCUT2D eigenvalue weighted by atomic mass is 16.6. The van der Waals surface area contributed by atoms with E-state index in [2.05, 4.69) is 0 Å². The summed E-state index contributed by atoms with van der Waals surface area (Å²) in [5.74, 6) is 0.0289. The fourth-order valence-electron chi connectivity index (χ4n) is 5.48. The van der Waals surface area contributed by atoms with E-state index in [1.54, 1.807) is 17.0 Å². The zero-order valence-corrected chi connectivity index (χ0v) is 24.1. The maximum absolute atomic E-state index is 14.5. The number of carbonyl (C=O) groups is 2. The molecule has 1 N–H and O–H groups in total. The van der Waals surface area contributed by atoms with Crippen molar-refractivity contribution in [3.63, 3.8) is 0 Å². The Balaban J connectivity index is 1.55. The number of para-hydroxylation sites is 2. The Morgan fingerprint density at radius 3 is 2.20 bits per heavy atom. The first kappa shape index (κ1) is 28.0. The van der Waals surface area contributed by atoms with Crippen LogP contribution in [0.25, 0.3) is 16.9 Å². The van der Waals surface area contributed by atoms with Gasteiger partial charge < -0.3 is 24.2 Å². The van der Waals surface area contributed by atoms with E-state index in [-0.39, 0.29) is 23.8 Å². The molecule has 1 aromatic heterocycles. The van der Waals surface area contributed by atoms with E-state index in [0.29, 0.717) is 37.3 Å². The predicted octanol–water partition coefficient (Wildman–Crippen LogP) is 6.46. The van der Waals surface area contributed by atoms with Gasteiger partial charge in [0.25, 0.3) is 5.91 Å². The van der Waals surface area contributed by atoms with Crippen LogP contribution in [0, 0.1) is 6.92 Å². The molecule has 1 atom stereocenters. The zero-order valence-electron chi connectivity index (χ0n) is 24.1. The number of nitrogens with zero attached hydrogens (tertiary/aromatic N) is 3. The second-order valence-corrected chi connectivity index (χ2v) is 11.5. The molecular weight excluding hydrogens is 514 g/mol. The molecule has 5 rings (SSSR count). The third-order valence-corrected chi connectivity index (χ3v) is 7.29. The number of ether oxygens (including phenoxy) is 1. The monoisotopic (exact) mass is 551 g/mol. The average Bonchev–Trinajstić information content (AvgIpc) is 3.29. The summed E-state index contributed by atoms with van der Waals surface area (Å²) < 4.78 is 7.61. The lowest BCUT2D eigenvalue weighted by Crippen LogP contribution is -2.57. The van der Waals surface area contributed by atoms with Crippen molar-refractivity contribution in [2.24, 2.45) is 0 Å². The quantitative estimate of drug-likeness (QED) is 0.309. The predicted molar refractivity (Wildman–Crippen MR) is 160 cm³/mol. The third-order valence-electron chi connectivity index (χ3n) is 7.29. The van der Waals surface area contributed by atoms with Crippen LogP contribution in [0.5, 0.6) is 5.75 Å². The van der Waals surface area contributed by atoms with Crippen molar-refractivity contribution in [2.45, 2.75) is 45.8 Å². The summed E-state index contributed by atoms with van der Waals surface area (Å²) in [6.07, 6.45) is 0.236. The van der Waals surface area contributed by atoms with Gasteiger partial charge in [-0.2, -0.15) is 0 Å². The molecule has 2 amide bonds. The van der Waals surface area contributed by atoms with Crippen molar-refractivity contribution in [3.8, 4) is 22.7 Å². The van der Waals surface area contributed by atoms with E-state index in [1.165, 1.54) is 0 Å². The van der Waals surface area contributed by atoms with E-state index in [0.717, 1.165) is 22.5 Å². The number of aromatic nitrogens is 1. The molecule has 1 saturated heterocycles. The van der Waals surface area contributed by atoms with Crippen molar-refractivity contribution in [3.05, 3.63) is 108 Å². The minimum Gasteiger partial charge on any atom is -0.506 e. The van der Waals surface area contributed by atoms with Gasteiger partial charge in [-0.15, -0.1) is 0 Å². The molecule has 1 aliphatic rings. The second kappa shape index (κ2) is 11.5. The normalized spacial score (nSPS) is 15.6. The van der Waals surface area contributed by atoms with Gasteiger partial charge in [0.15, 0.2) is 0 Å². The number of phenolic OH excluding ortho intramolecular Hbond substituents is 1. The van der Waals surface area contributed by atoms with Crippen LogP contribution in [-0.2, 0) is 11.2 Å². The first-order chi connectivity index (χ1) is 19.6. The standard InChI is InChI=1S/C34H37N3O4/c1-24-21-28(31(26-15-9-6-10-16-26)37(24)29-17-11-12-18-30(29)38)32(39)36-20-19-35(33(40)41-34(2,3)4)23-27(36)22-25-13-7-5-8-14-25/h5-18,21,27,38H,19-20,22-23H2,1-4H3/t27-/m1/s1. The van der Waals surface area contributed by atoms with Gasteiger partial charge in [-0.3, -0.25) is 4.79 Å². The highest BCUT2D eigenvalue weighted by Gasteiger charge is 2.36. The number of hydrogen-bond acceptors (Lipinski definition) is 4. The molecule has 7 heteroatoms. The van der Waals surface area contributed by atoms with Crippen molar-refractivity contribution in [1.82, 2.24) is 14.4 Å². The summed E-state index contributed by atoms with van der Waals surface area (Å²) in [5.41, 5.74) is 4.09. The first-order valence-electron chi connectivity index (χ1n) is 14.0. The van der Waals surface area contributed by atoms with Gasteiger partial charge in [-0.1, -0.05) is 72.8 Å². The van der Waals surface area contributed by atoms with Crippen LogP contribution in [0.3, 0.4) is 0 Å². The van der Waals surface area contributed by atoms with Crippen LogP contribution < -0.4 is 0 Å². The number of hydrogen-bond donors (Lipinski definition) is 1. The minimum atomic E-state index is -0.604. The first-order valence-corrected chi connectivity index (χ1v) is 14.0. The van der Waals surface area contributed by atoms with Crippen LogP contribution >= 0.6 is 0 Å². The number of benzene rings is 3. The van der Waals surface area contributed by atoms with Crippen LogP contribution in [0.2, 0.25) is 0 Å². The molecule has 0 unspecified atom stereocenters. The molecule has 212 valence electrons. The highest BCUT2D eigenvalue weighted by molar-refractivity contribution is 6.01. The van der Waals surface area contributed by atoms with Crippen molar-refractivity contribution in [1.29, 1.82) is 0 Å². The molecular formula is C34H37N3O4. The molecule has 2 heterocycles. The fraction of sp³-hybridized carbons (Fsp3) is 0.294. The van der Waals surface area contributed by atoms with Gasteiger partial charge in [-0.05, 0) is 63.4 Å². The average molecular weight is 552 g/mol. The number of rotatable bonds is 5. The van der Waals surface area contributed by atoms with Gasteiger partial charge in [0.2, 0.25) is 0 Å². The second-order valence-electron chi connectivity index (χ2n) is 11.5. The molecule has 0 aliphatic carbocycles. The molecule has 41 heavy (non-hydrogen) atoms. The van der Waals surface area contributed by atoms with E-state index in [4.69, 9.17) is 4.74 Å². The van der Waals surface area contributed by atoms with Gasteiger partial charge in [0, 0.05) is 25.3 Å². The summed E-state index contributed by atoms with van der Waals surface area (Å²) >= 11 is 0. The molecule has 0 radical (unpaired) electrons. The van der Waals surface area contributed by atoms with Crippen molar-refractivity contribution in [2.75, 3.05) is 19.6 Å². The summed E-state index contributed by atoms with van der Waals surface area (Å²) in [6, 6.07) is 28.6. The smallest absolute Gasteiger partial charge is 0.410 e. The lowest BCUT2D eigenvalue weighted by atomic mass is 10.00. The molecule has 0 bridgehead atoms. The van der Waals surface area contributed by atoms with E-state index in [9.17, 15) is 14.7 Å². The minimum absolute atomic E-state index is 0.106. The Morgan fingerprint density at radius 1 is 0.902 bits per heavy atom. The van der Waals surface area contributed by atoms with Crippen LogP contribution in [-0.4, -0.2) is 62.8 Å². The van der Waals surface area contributed by atoms with Gasteiger partial charge in [0.05, 0.1) is 23.0 Å². The maximum Gasteiger partial charge on any atom is 0.410 e. The third kappa shape index (κ3) is 6.14. The summed E-state index contributed by atoms with van der Waals surface area (Å²) in [7, 11) is 0. The van der Waals surface area contributed by atoms with E-state index < -0.39 is 5.60 Å². The van der Waals surface area contributed by atoms with Crippen molar-refractivity contribution >= 4 is 12.0 Å². The Kier molecular flexibility index (Phi) is 7.88. The molecule has 7 nitrogen and oxygen atoms in total. The number of phenols is 1. The number of piperazine rings is 1. The van der Waals surface area contributed by atoms with Crippen LogP contribution in [0.1, 0.15) is 42.4 Å². The van der Waals surface area contributed by atoms with Crippen LogP contribution in [0.4, 0.5) is 4.79 Å². The maximum atomic E-state index is 14.5. The Morgan fingerprint density at radius 2 is 1.54 bits per heavy atom.